The second kappa shape index (κ2) is 13.0. The molecule has 3 amide bonds. The van der Waals surface area contributed by atoms with Gasteiger partial charge in [0.05, 0.1) is 12.1 Å². The average Bonchev–Trinajstić information content (AvgIpc) is 2.75. The largest absolute Gasteiger partial charge is 0.355 e. The van der Waals surface area contributed by atoms with E-state index in [1.165, 1.54) is 0 Å². The molecular weight excluding hydrogens is 468 g/mol. The minimum atomic E-state index is -0.559. The minimum absolute atomic E-state index is 0.0233. The van der Waals surface area contributed by atoms with Crippen LogP contribution >= 0.6 is 27.7 Å². The summed E-state index contributed by atoms with van der Waals surface area (Å²) in [7, 11) is 0. The fourth-order valence-electron chi connectivity index (χ4n) is 3.24. The molecule has 1 unspecified atom stereocenters. The first-order chi connectivity index (χ1) is 14.5. The standard InChI is InChI=1S/C21H31BrN4O3S/c1-3-9-23-19(27)15-25-10-12-26(13-11-25)21(29)18(8-14-30-2)24-20(28)16-6-4-5-7-17(16)22/h4-7,18H,3,8-15H2,1-2H3,(H,23,27)(H,24,28). The van der Waals surface area contributed by atoms with E-state index < -0.39 is 6.04 Å². The van der Waals surface area contributed by atoms with Crippen LogP contribution in [0, 0.1) is 0 Å². The molecule has 1 fully saturated rings. The Hall–Kier alpha value is -1.58. The summed E-state index contributed by atoms with van der Waals surface area (Å²) in [6.45, 7) is 5.48. The molecule has 1 aromatic rings. The van der Waals surface area contributed by atoms with Crippen LogP contribution < -0.4 is 10.6 Å². The number of thioether (sulfide) groups is 1. The molecule has 0 aromatic heterocycles. The average molecular weight is 499 g/mol. The van der Waals surface area contributed by atoms with E-state index >= 15 is 0 Å². The third-order valence-electron chi connectivity index (χ3n) is 4.96. The number of hydrogen-bond donors (Lipinski definition) is 2. The van der Waals surface area contributed by atoms with Gasteiger partial charge in [-0.25, -0.2) is 0 Å². The number of piperazine rings is 1. The van der Waals surface area contributed by atoms with Gasteiger partial charge in [-0.1, -0.05) is 19.1 Å². The molecule has 2 rings (SSSR count). The molecule has 0 aliphatic carbocycles. The van der Waals surface area contributed by atoms with Crippen molar-refractivity contribution in [1.82, 2.24) is 20.4 Å². The van der Waals surface area contributed by atoms with E-state index in [0.717, 1.165) is 12.2 Å². The lowest BCUT2D eigenvalue weighted by atomic mass is 10.1. The van der Waals surface area contributed by atoms with E-state index in [1.807, 2.05) is 25.3 Å². The van der Waals surface area contributed by atoms with Gasteiger partial charge in [0, 0.05) is 37.2 Å². The Morgan fingerprint density at radius 2 is 1.87 bits per heavy atom. The minimum Gasteiger partial charge on any atom is -0.355 e. The predicted molar refractivity (Wildman–Crippen MR) is 125 cm³/mol. The van der Waals surface area contributed by atoms with E-state index in [2.05, 4.69) is 31.5 Å². The van der Waals surface area contributed by atoms with Crippen LogP contribution in [0.3, 0.4) is 0 Å². The van der Waals surface area contributed by atoms with Crippen LogP contribution in [0.2, 0.25) is 0 Å². The van der Waals surface area contributed by atoms with Gasteiger partial charge in [0.2, 0.25) is 11.8 Å². The van der Waals surface area contributed by atoms with Gasteiger partial charge in [-0.05, 0) is 52.9 Å². The lowest BCUT2D eigenvalue weighted by molar-refractivity contribution is -0.135. The summed E-state index contributed by atoms with van der Waals surface area (Å²) in [6, 6.07) is 6.63. The Kier molecular flexibility index (Phi) is 10.7. The lowest BCUT2D eigenvalue weighted by Crippen LogP contribution is -2.56. The van der Waals surface area contributed by atoms with Crippen LogP contribution in [0.15, 0.2) is 28.7 Å². The Balaban J connectivity index is 1.93. The molecule has 1 saturated heterocycles. The van der Waals surface area contributed by atoms with Crippen molar-refractivity contribution in [3.63, 3.8) is 0 Å². The van der Waals surface area contributed by atoms with Crippen LogP contribution in [0.4, 0.5) is 0 Å². The van der Waals surface area contributed by atoms with E-state index in [1.54, 1.807) is 28.8 Å². The molecule has 9 heteroatoms. The zero-order valence-electron chi connectivity index (χ0n) is 17.7. The molecule has 1 heterocycles. The summed E-state index contributed by atoms with van der Waals surface area (Å²) >= 11 is 5.05. The maximum atomic E-state index is 13.1. The van der Waals surface area contributed by atoms with Crippen molar-refractivity contribution in [2.24, 2.45) is 0 Å². The second-order valence-corrected chi connectivity index (χ2v) is 9.08. The fraction of sp³-hybridized carbons (Fsp3) is 0.571. The summed E-state index contributed by atoms with van der Waals surface area (Å²) in [6.07, 6.45) is 3.48. The van der Waals surface area contributed by atoms with Gasteiger partial charge < -0.3 is 15.5 Å². The predicted octanol–water partition coefficient (Wildman–Crippen LogP) is 1.97. The summed E-state index contributed by atoms with van der Waals surface area (Å²) in [5, 5.41) is 5.80. The summed E-state index contributed by atoms with van der Waals surface area (Å²) in [5.74, 6) is 0.493. The van der Waals surface area contributed by atoms with Gasteiger partial charge in [-0.15, -0.1) is 0 Å². The summed E-state index contributed by atoms with van der Waals surface area (Å²) < 4.78 is 0.702. The van der Waals surface area contributed by atoms with Crippen molar-refractivity contribution < 1.29 is 14.4 Å². The first-order valence-electron chi connectivity index (χ1n) is 10.3. The van der Waals surface area contributed by atoms with Gasteiger partial charge in [-0.3, -0.25) is 19.3 Å². The van der Waals surface area contributed by atoms with Crippen molar-refractivity contribution in [1.29, 1.82) is 0 Å². The van der Waals surface area contributed by atoms with Crippen LogP contribution in [0.1, 0.15) is 30.1 Å². The smallest absolute Gasteiger partial charge is 0.253 e. The molecule has 1 atom stereocenters. The van der Waals surface area contributed by atoms with Crippen molar-refractivity contribution in [2.75, 3.05) is 51.3 Å². The van der Waals surface area contributed by atoms with Crippen molar-refractivity contribution in [3.8, 4) is 0 Å². The van der Waals surface area contributed by atoms with Gasteiger partial charge in [0.25, 0.3) is 5.91 Å². The molecule has 1 aromatic carbocycles. The topological polar surface area (TPSA) is 81.8 Å². The highest BCUT2D eigenvalue weighted by Gasteiger charge is 2.29. The molecule has 2 N–H and O–H groups in total. The Morgan fingerprint density at radius 1 is 1.17 bits per heavy atom. The molecule has 1 aliphatic rings. The highest BCUT2D eigenvalue weighted by atomic mass is 79.9. The van der Waals surface area contributed by atoms with E-state index in [9.17, 15) is 14.4 Å². The molecule has 0 saturated carbocycles. The Labute approximate surface area is 191 Å². The van der Waals surface area contributed by atoms with Crippen LogP contribution in [-0.4, -0.2) is 84.8 Å². The number of rotatable bonds is 10. The van der Waals surface area contributed by atoms with Crippen LogP contribution in [0.25, 0.3) is 0 Å². The monoisotopic (exact) mass is 498 g/mol. The number of nitrogens with zero attached hydrogens (tertiary/aromatic N) is 2. The van der Waals surface area contributed by atoms with E-state index in [4.69, 9.17) is 0 Å². The number of hydrogen-bond acceptors (Lipinski definition) is 5. The maximum Gasteiger partial charge on any atom is 0.253 e. The Morgan fingerprint density at radius 3 is 2.50 bits per heavy atom. The summed E-state index contributed by atoms with van der Waals surface area (Å²) in [5.41, 5.74) is 0.516. The van der Waals surface area contributed by atoms with E-state index in [0.29, 0.717) is 55.7 Å². The fourth-order valence-corrected chi connectivity index (χ4v) is 4.18. The molecular formula is C21H31BrN4O3S. The first kappa shape index (κ1) is 24.7. The Bertz CT molecular complexity index is 726. The van der Waals surface area contributed by atoms with Crippen LogP contribution in [0.5, 0.6) is 0 Å². The van der Waals surface area contributed by atoms with Crippen molar-refractivity contribution in [2.45, 2.75) is 25.8 Å². The zero-order chi connectivity index (χ0) is 21.9. The molecule has 0 bridgehead atoms. The molecule has 0 spiro atoms. The van der Waals surface area contributed by atoms with Crippen LogP contribution in [-0.2, 0) is 9.59 Å². The number of carbonyl (C=O) groups excluding carboxylic acids is 3. The van der Waals surface area contributed by atoms with Gasteiger partial charge in [0.15, 0.2) is 0 Å². The van der Waals surface area contributed by atoms with Crippen molar-refractivity contribution >= 4 is 45.4 Å². The third kappa shape index (κ3) is 7.59. The SMILES string of the molecule is CCCNC(=O)CN1CCN(C(=O)C(CCSC)NC(=O)c2ccccc2Br)CC1. The highest BCUT2D eigenvalue weighted by Crippen LogP contribution is 2.16. The molecule has 7 nitrogen and oxygen atoms in total. The normalized spacial score (nSPS) is 15.5. The van der Waals surface area contributed by atoms with Crippen molar-refractivity contribution in [3.05, 3.63) is 34.3 Å². The summed E-state index contributed by atoms with van der Waals surface area (Å²) in [4.78, 5) is 41.6. The number of benzene rings is 1. The molecule has 0 radical (unpaired) electrons. The first-order valence-corrected chi connectivity index (χ1v) is 12.5. The maximum absolute atomic E-state index is 13.1. The van der Waals surface area contributed by atoms with Gasteiger partial charge in [0.1, 0.15) is 6.04 Å². The highest BCUT2D eigenvalue weighted by molar-refractivity contribution is 9.10. The number of halogens is 1. The third-order valence-corrected chi connectivity index (χ3v) is 6.29. The molecule has 166 valence electrons. The number of carbonyl (C=O) groups is 3. The van der Waals surface area contributed by atoms with Gasteiger partial charge >= 0.3 is 0 Å². The molecule has 1 aliphatic heterocycles. The quantitative estimate of drug-likeness (QED) is 0.515. The zero-order valence-corrected chi connectivity index (χ0v) is 20.1. The lowest BCUT2D eigenvalue weighted by Gasteiger charge is -2.36. The molecule has 30 heavy (non-hydrogen) atoms. The van der Waals surface area contributed by atoms with E-state index in [-0.39, 0.29) is 17.7 Å². The number of amides is 3. The van der Waals surface area contributed by atoms with Gasteiger partial charge in [-0.2, -0.15) is 11.8 Å². The number of nitrogens with one attached hydrogen (secondary N) is 2. The second-order valence-electron chi connectivity index (χ2n) is 7.24.